The van der Waals surface area contributed by atoms with Crippen molar-refractivity contribution in [2.24, 2.45) is 5.92 Å². The molecule has 0 radical (unpaired) electrons. The molecule has 1 rings (SSSR count). The third kappa shape index (κ3) is 1.34. The van der Waals surface area contributed by atoms with Crippen LogP contribution in [0.4, 0.5) is 0 Å². The third-order valence-corrected chi connectivity index (χ3v) is 0.964. The Labute approximate surface area is 50.4 Å². The fourth-order valence-corrected chi connectivity index (χ4v) is 0.380. The Balaban J connectivity index is 0. The highest BCUT2D eigenvalue weighted by Gasteiger charge is 2.13. The van der Waals surface area contributed by atoms with Crippen LogP contribution in [0.15, 0.2) is 0 Å². The number of rotatable bonds is 0. The summed E-state index contributed by atoms with van der Waals surface area (Å²) in [4.78, 5) is 0. The van der Waals surface area contributed by atoms with Gasteiger partial charge >= 0.3 is 1.43 Å². The van der Waals surface area contributed by atoms with Gasteiger partial charge in [0.2, 0.25) is 0 Å². The number of hydrogen-bond acceptors (Lipinski definition) is 2. The monoisotopic (exact) mass is 118 g/mol. The lowest BCUT2D eigenvalue weighted by molar-refractivity contribution is -0.00000153. The van der Waals surface area contributed by atoms with Crippen molar-refractivity contribution >= 4 is 0 Å². The van der Waals surface area contributed by atoms with Gasteiger partial charge in [-0.05, 0) is 0 Å². The van der Waals surface area contributed by atoms with Gasteiger partial charge in [-0.25, -0.2) is 0 Å². The van der Waals surface area contributed by atoms with Crippen molar-refractivity contribution in [1.29, 1.82) is 5.26 Å². The van der Waals surface area contributed by atoms with Crippen molar-refractivity contribution in [2.45, 2.75) is 0 Å². The van der Waals surface area contributed by atoms with E-state index >= 15 is 0 Å². The highest BCUT2D eigenvalue weighted by molar-refractivity contribution is 4.92. The van der Waals surface area contributed by atoms with E-state index in [-0.39, 0.29) is 13.8 Å². The predicted octanol–water partition coefficient (Wildman–Crippen LogP) is -3.15. The van der Waals surface area contributed by atoms with Gasteiger partial charge in [-0.15, -0.1) is 0 Å². The highest BCUT2D eigenvalue weighted by Crippen LogP contribution is 1.97. The molecule has 1 fully saturated rings. The maximum absolute atomic E-state index is 8.10. The van der Waals surface area contributed by atoms with Crippen molar-refractivity contribution in [3.8, 4) is 6.07 Å². The van der Waals surface area contributed by atoms with Gasteiger partial charge in [-0.3, -0.25) is 0 Å². The molecule has 1 saturated heterocycles. The molecule has 1 aliphatic rings. The minimum atomic E-state index is 0. The van der Waals surface area contributed by atoms with Crippen molar-refractivity contribution in [2.75, 3.05) is 13.1 Å². The molecule has 2 nitrogen and oxygen atoms in total. The van der Waals surface area contributed by atoms with Crippen LogP contribution in [0.25, 0.3) is 0 Å². The molecule has 0 aliphatic carbocycles. The number of halogens is 1. The maximum Gasteiger partial charge on any atom is 1.00 e. The molecule has 0 spiro atoms. The van der Waals surface area contributed by atoms with Crippen LogP contribution in [0, 0.1) is 17.2 Å². The molecule has 1 N–H and O–H groups in total. The number of hydrogen-bond donors (Lipinski definition) is 1. The van der Waals surface area contributed by atoms with E-state index < -0.39 is 0 Å². The van der Waals surface area contributed by atoms with Crippen LogP contribution in [0.3, 0.4) is 0 Å². The second-order valence-corrected chi connectivity index (χ2v) is 1.48. The lowest BCUT2D eigenvalue weighted by Gasteiger charge is -2.18. The summed E-state index contributed by atoms with van der Waals surface area (Å²) < 4.78 is 0. The molecular weight excluding hydrogens is 112 g/mol. The molecule has 0 aromatic heterocycles. The molecule has 0 atom stereocenters. The molecule has 0 amide bonds. The molecule has 40 valence electrons. The maximum atomic E-state index is 8.10. The second kappa shape index (κ2) is 2.84. The molecule has 0 saturated carbocycles. The van der Waals surface area contributed by atoms with Crippen LogP contribution >= 0.6 is 0 Å². The average Bonchev–Trinajstić information content (AvgIpc) is 1.31. The van der Waals surface area contributed by atoms with E-state index in [1.54, 1.807) is 0 Å². The van der Waals surface area contributed by atoms with E-state index in [0.717, 1.165) is 13.1 Å². The van der Waals surface area contributed by atoms with E-state index in [9.17, 15) is 0 Å². The third-order valence-electron chi connectivity index (χ3n) is 0.964. The second-order valence-electron chi connectivity index (χ2n) is 1.48. The zero-order valence-corrected chi connectivity index (χ0v) is 4.57. The zero-order valence-electron chi connectivity index (χ0n) is 4.82. The van der Waals surface area contributed by atoms with E-state index in [0.29, 0.717) is 5.92 Å². The summed E-state index contributed by atoms with van der Waals surface area (Å²) in [5, 5.41) is 11.1. The van der Waals surface area contributed by atoms with Crippen molar-refractivity contribution < 1.29 is 13.8 Å². The number of nitrogens with one attached hydrogen (secondary N) is 1. The summed E-state index contributed by atoms with van der Waals surface area (Å²) in [6, 6.07) is 2.14. The SMILES string of the molecule is N#CC1CNC1.[Cl-].[H+]. The Morgan fingerprint density at radius 1 is 1.71 bits per heavy atom. The van der Waals surface area contributed by atoms with Gasteiger partial charge in [0.05, 0.1) is 12.0 Å². The Hall–Kier alpha value is -0.260. The van der Waals surface area contributed by atoms with Gasteiger partial charge in [-0.2, -0.15) is 5.26 Å². The first kappa shape index (κ1) is 6.74. The van der Waals surface area contributed by atoms with E-state index in [1.807, 2.05) is 0 Å². The van der Waals surface area contributed by atoms with Gasteiger partial charge in [0.25, 0.3) is 0 Å². The van der Waals surface area contributed by atoms with E-state index in [4.69, 9.17) is 5.26 Å². The Bertz CT molecular complexity index is 86.5. The van der Waals surface area contributed by atoms with Crippen LogP contribution < -0.4 is 17.7 Å². The average molecular weight is 119 g/mol. The Morgan fingerprint density at radius 2 is 2.29 bits per heavy atom. The summed E-state index contributed by atoms with van der Waals surface area (Å²) in [5.41, 5.74) is 0. The van der Waals surface area contributed by atoms with Gasteiger partial charge in [0.1, 0.15) is 0 Å². The summed E-state index contributed by atoms with van der Waals surface area (Å²) >= 11 is 0. The van der Waals surface area contributed by atoms with Crippen LogP contribution in [-0.2, 0) is 0 Å². The van der Waals surface area contributed by atoms with Crippen molar-refractivity contribution in [3.05, 3.63) is 0 Å². The molecule has 0 unspecified atom stereocenters. The molecule has 1 heterocycles. The van der Waals surface area contributed by atoms with Crippen LogP contribution in [0.1, 0.15) is 1.43 Å². The lowest BCUT2D eigenvalue weighted by Crippen LogP contribution is -3.00. The molecular formula is C4H7ClN2. The lowest BCUT2D eigenvalue weighted by atomic mass is 10.1. The first-order valence-electron chi connectivity index (χ1n) is 2.04. The molecule has 7 heavy (non-hydrogen) atoms. The molecule has 0 bridgehead atoms. The number of nitrogens with zero attached hydrogens (tertiary/aromatic N) is 1. The van der Waals surface area contributed by atoms with Crippen LogP contribution in [0.5, 0.6) is 0 Å². The van der Waals surface area contributed by atoms with Crippen LogP contribution in [0.2, 0.25) is 0 Å². The standard InChI is InChI=1S/C4H6N2.ClH/c5-1-4-2-6-3-4;/h4,6H,2-3H2;1H. The first-order valence-corrected chi connectivity index (χ1v) is 2.04. The molecule has 0 aromatic carbocycles. The van der Waals surface area contributed by atoms with Gasteiger partial charge < -0.3 is 17.7 Å². The topological polar surface area (TPSA) is 35.8 Å². The number of nitriles is 1. The summed E-state index contributed by atoms with van der Waals surface area (Å²) in [6.07, 6.45) is 0. The Morgan fingerprint density at radius 3 is 2.29 bits per heavy atom. The van der Waals surface area contributed by atoms with Gasteiger partial charge in [0, 0.05) is 13.1 Å². The zero-order chi connectivity index (χ0) is 4.41. The van der Waals surface area contributed by atoms with Gasteiger partial charge in [0.15, 0.2) is 0 Å². The van der Waals surface area contributed by atoms with Crippen molar-refractivity contribution in [1.82, 2.24) is 5.32 Å². The fraction of sp³-hybridized carbons (Fsp3) is 0.750. The fourth-order valence-electron chi connectivity index (χ4n) is 0.380. The quantitative estimate of drug-likeness (QED) is 0.365. The first-order chi connectivity index (χ1) is 2.93. The Kier molecular flexibility index (Phi) is 2.73. The van der Waals surface area contributed by atoms with Crippen LogP contribution in [-0.4, -0.2) is 13.1 Å². The summed E-state index contributed by atoms with van der Waals surface area (Å²) in [6.45, 7) is 1.80. The predicted molar refractivity (Wildman–Crippen MR) is 23.1 cm³/mol. The molecule has 0 aromatic rings. The molecule has 3 heteroatoms. The highest BCUT2D eigenvalue weighted by atomic mass is 35.5. The largest absolute Gasteiger partial charge is 1.00 e. The smallest absolute Gasteiger partial charge is 1.00 e. The van der Waals surface area contributed by atoms with Crippen molar-refractivity contribution in [3.63, 3.8) is 0 Å². The van der Waals surface area contributed by atoms with Gasteiger partial charge in [-0.1, -0.05) is 0 Å². The summed E-state index contributed by atoms with van der Waals surface area (Å²) in [5.74, 6) is 0.310. The normalized spacial score (nSPS) is 18.7. The minimum Gasteiger partial charge on any atom is -1.00 e. The molecule has 1 aliphatic heterocycles. The van der Waals surface area contributed by atoms with E-state index in [2.05, 4.69) is 11.4 Å². The minimum absolute atomic E-state index is 0. The van der Waals surface area contributed by atoms with E-state index in [1.165, 1.54) is 0 Å². The summed E-state index contributed by atoms with van der Waals surface area (Å²) in [7, 11) is 0.